The number of rotatable bonds is 4. The van der Waals surface area contributed by atoms with Gasteiger partial charge in [0.15, 0.2) is 0 Å². The summed E-state index contributed by atoms with van der Waals surface area (Å²) in [5, 5.41) is 1.12. The van der Waals surface area contributed by atoms with Crippen molar-refractivity contribution in [3.05, 3.63) is 36.0 Å². The van der Waals surface area contributed by atoms with Crippen LogP contribution in [0.15, 0.2) is 30.5 Å². The maximum absolute atomic E-state index is 6.79. The number of pyridine rings is 1. The number of halogens is 3. The van der Waals surface area contributed by atoms with Gasteiger partial charge in [0, 0.05) is 30.2 Å². The first-order valence-electron chi connectivity index (χ1n) is 9.13. The number of fused-ring (bicyclic) bond motifs is 4. The molecule has 2 bridgehead atoms. The molecule has 1 aromatic heterocycles. The quantitative estimate of drug-likeness (QED) is 0.762. The Labute approximate surface area is 180 Å². The zero-order valence-corrected chi connectivity index (χ0v) is 18.3. The SMILES string of the molecule is CC[C@H]1CN2CC[C@H]1C[C@H]2[C@@H](N)c1ccnc2ccc(OC)cc12.Cl.Cl.Cl. The summed E-state index contributed by atoms with van der Waals surface area (Å²) >= 11 is 0. The van der Waals surface area contributed by atoms with Gasteiger partial charge in [-0.15, -0.1) is 37.2 Å². The van der Waals surface area contributed by atoms with Crippen LogP contribution < -0.4 is 10.5 Å². The lowest BCUT2D eigenvalue weighted by molar-refractivity contribution is -0.0105. The van der Waals surface area contributed by atoms with Crippen molar-refractivity contribution in [1.29, 1.82) is 0 Å². The fraction of sp³-hybridized carbons (Fsp3) is 0.550. The maximum atomic E-state index is 6.79. The van der Waals surface area contributed by atoms with Gasteiger partial charge in [-0.05, 0) is 61.1 Å². The van der Waals surface area contributed by atoms with Crippen LogP contribution in [-0.4, -0.2) is 36.1 Å². The van der Waals surface area contributed by atoms with Crippen LogP contribution >= 0.6 is 37.2 Å². The van der Waals surface area contributed by atoms with Crippen molar-refractivity contribution in [3.8, 4) is 5.75 Å². The molecule has 3 saturated heterocycles. The average Bonchev–Trinajstić information content (AvgIpc) is 2.66. The molecular weight excluding hydrogens is 405 g/mol. The van der Waals surface area contributed by atoms with Crippen LogP contribution in [0, 0.1) is 11.8 Å². The summed E-state index contributed by atoms with van der Waals surface area (Å²) in [4.78, 5) is 7.12. The molecule has 4 nitrogen and oxygen atoms in total. The van der Waals surface area contributed by atoms with Crippen LogP contribution in [0.1, 0.15) is 37.8 Å². The molecule has 0 amide bonds. The van der Waals surface area contributed by atoms with E-state index in [-0.39, 0.29) is 43.3 Å². The van der Waals surface area contributed by atoms with Gasteiger partial charge in [0.25, 0.3) is 0 Å². The average molecular weight is 435 g/mol. The molecule has 2 aromatic rings. The van der Waals surface area contributed by atoms with Crippen molar-refractivity contribution in [2.45, 2.75) is 38.3 Å². The molecule has 3 fully saturated rings. The molecule has 0 aliphatic carbocycles. The topological polar surface area (TPSA) is 51.4 Å². The summed E-state index contributed by atoms with van der Waals surface area (Å²) in [6.45, 7) is 4.74. The first-order valence-corrected chi connectivity index (χ1v) is 9.13. The Morgan fingerprint density at radius 3 is 2.67 bits per heavy atom. The molecule has 0 saturated carbocycles. The Balaban J connectivity index is 0.00000121. The predicted octanol–water partition coefficient (Wildman–Crippen LogP) is 4.63. The largest absolute Gasteiger partial charge is 0.497 e. The van der Waals surface area contributed by atoms with E-state index in [0.29, 0.717) is 6.04 Å². The van der Waals surface area contributed by atoms with Crippen LogP contribution in [0.3, 0.4) is 0 Å². The highest BCUT2D eigenvalue weighted by Crippen LogP contribution is 2.42. The number of benzene rings is 1. The van der Waals surface area contributed by atoms with Crippen LogP contribution in [-0.2, 0) is 0 Å². The van der Waals surface area contributed by atoms with Crippen molar-refractivity contribution in [2.24, 2.45) is 17.6 Å². The van der Waals surface area contributed by atoms with Crippen molar-refractivity contribution < 1.29 is 4.74 Å². The summed E-state index contributed by atoms with van der Waals surface area (Å²) in [6.07, 6.45) is 5.74. The number of methoxy groups -OCH3 is 1. The van der Waals surface area contributed by atoms with Crippen LogP contribution in [0.2, 0.25) is 0 Å². The summed E-state index contributed by atoms with van der Waals surface area (Å²) in [5.41, 5.74) is 8.98. The predicted molar refractivity (Wildman–Crippen MR) is 119 cm³/mol. The molecule has 1 aromatic carbocycles. The van der Waals surface area contributed by atoms with E-state index >= 15 is 0 Å². The first kappa shape index (κ1) is 24.3. The van der Waals surface area contributed by atoms with E-state index in [9.17, 15) is 0 Å². The highest BCUT2D eigenvalue weighted by atomic mass is 35.5. The number of piperidine rings is 3. The molecule has 0 radical (unpaired) electrons. The molecule has 1 unspecified atom stereocenters. The van der Waals surface area contributed by atoms with E-state index in [2.05, 4.69) is 28.9 Å². The molecule has 7 heteroatoms. The second-order valence-electron chi connectivity index (χ2n) is 7.32. The highest BCUT2D eigenvalue weighted by Gasteiger charge is 2.41. The molecule has 3 aliphatic heterocycles. The van der Waals surface area contributed by atoms with Crippen molar-refractivity contribution >= 4 is 48.1 Å². The Hall–Kier alpha value is -0.780. The maximum Gasteiger partial charge on any atom is 0.119 e. The summed E-state index contributed by atoms with van der Waals surface area (Å²) in [5.74, 6) is 2.57. The van der Waals surface area contributed by atoms with Gasteiger partial charge in [-0.25, -0.2) is 0 Å². The molecular formula is C20H30Cl3N3O. The van der Waals surface area contributed by atoms with Gasteiger partial charge in [-0.3, -0.25) is 9.88 Å². The van der Waals surface area contributed by atoms with Gasteiger partial charge in [-0.2, -0.15) is 0 Å². The van der Waals surface area contributed by atoms with Crippen molar-refractivity contribution in [2.75, 3.05) is 20.2 Å². The highest BCUT2D eigenvalue weighted by molar-refractivity contribution is 5.86. The monoisotopic (exact) mass is 433 g/mol. The second kappa shape index (κ2) is 10.1. The lowest BCUT2D eigenvalue weighted by Gasteiger charge is -2.51. The second-order valence-corrected chi connectivity index (χ2v) is 7.32. The Kier molecular flexibility index (Phi) is 9.10. The Morgan fingerprint density at radius 1 is 1.26 bits per heavy atom. The molecule has 2 N–H and O–H groups in total. The molecule has 27 heavy (non-hydrogen) atoms. The summed E-state index contributed by atoms with van der Waals surface area (Å²) in [7, 11) is 1.70. The summed E-state index contributed by atoms with van der Waals surface area (Å²) in [6, 6.07) is 8.62. The lowest BCUT2D eigenvalue weighted by atomic mass is 9.72. The smallest absolute Gasteiger partial charge is 0.119 e. The fourth-order valence-electron chi connectivity index (χ4n) is 4.79. The van der Waals surface area contributed by atoms with Crippen LogP contribution in [0.5, 0.6) is 5.75 Å². The first-order chi connectivity index (χ1) is 11.7. The third-order valence-electron chi connectivity index (χ3n) is 6.22. The van der Waals surface area contributed by atoms with Gasteiger partial charge in [0.05, 0.1) is 12.6 Å². The molecule has 4 heterocycles. The molecule has 5 rings (SSSR count). The number of hydrogen-bond acceptors (Lipinski definition) is 4. The number of nitrogens with zero attached hydrogens (tertiary/aromatic N) is 2. The van der Waals surface area contributed by atoms with E-state index in [1.807, 2.05) is 18.3 Å². The van der Waals surface area contributed by atoms with Gasteiger partial charge in [0.2, 0.25) is 0 Å². The Morgan fingerprint density at radius 2 is 2.04 bits per heavy atom. The number of ether oxygens (including phenoxy) is 1. The van der Waals surface area contributed by atoms with Crippen LogP contribution in [0.25, 0.3) is 10.9 Å². The third kappa shape index (κ3) is 4.46. The van der Waals surface area contributed by atoms with Gasteiger partial charge < -0.3 is 10.5 Å². The third-order valence-corrected chi connectivity index (χ3v) is 6.22. The number of aromatic nitrogens is 1. The number of nitrogens with two attached hydrogens (primary N) is 1. The van der Waals surface area contributed by atoms with E-state index in [0.717, 1.165) is 28.5 Å². The zero-order valence-electron chi connectivity index (χ0n) is 15.8. The normalized spacial score (nSPS) is 27.1. The van der Waals surface area contributed by atoms with Crippen molar-refractivity contribution in [1.82, 2.24) is 9.88 Å². The minimum Gasteiger partial charge on any atom is -0.497 e. The van der Waals surface area contributed by atoms with Crippen LogP contribution in [0.4, 0.5) is 0 Å². The molecule has 3 aliphatic rings. The Bertz CT molecular complexity index is 745. The summed E-state index contributed by atoms with van der Waals surface area (Å²) < 4.78 is 5.40. The van der Waals surface area contributed by atoms with E-state index < -0.39 is 0 Å². The lowest BCUT2D eigenvalue weighted by Crippen LogP contribution is -2.56. The van der Waals surface area contributed by atoms with Gasteiger partial charge in [-0.1, -0.05) is 13.3 Å². The van der Waals surface area contributed by atoms with E-state index in [4.69, 9.17) is 10.5 Å². The van der Waals surface area contributed by atoms with Crippen molar-refractivity contribution in [3.63, 3.8) is 0 Å². The molecule has 0 spiro atoms. The molecule has 5 atom stereocenters. The van der Waals surface area contributed by atoms with Gasteiger partial charge >= 0.3 is 0 Å². The minimum absolute atomic E-state index is 0. The minimum atomic E-state index is 0. The molecule has 152 valence electrons. The zero-order chi connectivity index (χ0) is 16.7. The van der Waals surface area contributed by atoms with E-state index in [1.165, 1.54) is 37.9 Å². The van der Waals surface area contributed by atoms with Gasteiger partial charge in [0.1, 0.15) is 5.75 Å². The van der Waals surface area contributed by atoms with E-state index in [1.54, 1.807) is 7.11 Å². The number of hydrogen-bond donors (Lipinski definition) is 1. The fourth-order valence-corrected chi connectivity index (χ4v) is 4.79. The standard InChI is InChI=1S/C20H27N3O.3ClH/c1-3-13-12-23-9-7-14(13)10-19(23)20(21)16-6-8-22-18-5-4-15(24-2)11-17(16)18;;;/h4-6,8,11,13-14,19-20H,3,7,9-10,12,21H2,1-2H3;3*1H/t13-,14-,19-,20-;;;/m0.../s1.